The summed E-state index contributed by atoms with van der Waals surface area (Å²) in [6.07, 6.45) is 0. The summed E-state index contributed by atoms with van der Waals surface area (Å²) < 4.78 is 11.7. The second-order valence-electron chi connectivity index (χ2n) is 11.4. The van der Waals surface area contributed by atoms with Gasteiger partial charge >= 0.3 is 0 Å². The third-order valence-corrected chi connectivity index (χ3v) is 8.31. The number of carbonyl (C=O) groups is 1. The van der Waals surface area contributed by atoms with Crippen LogP contribution in [0.3, 0.4) is 0 Å². The number of anilines is 3. The number of carbonyl (C=O) groups excluding carboxylic acids is 1. The van der Waals surface area contributed by atoms with Crippen LogP contribution in [0.25, 0.3) is 22.2 Å². The van der Waals surface area contributed by atoms with Gasteiger partial charge in [0.25, 0.3) is 11.9 Å². The van der Waals surface area contributed by atoms with Gasteiger partial charge < -0.3 is 24.3 Å². The number of fused-ring (bicyclic) bond motifs is 1. The van der Waals surface area contributed by atoms with Crippen molar-refractivity contribution >= 4 is 34.4 Å². The van der Waals surface area contributed by atoms with Crippen LogP contribution in [-0.4, -0.2) is 79.2 Å². The number of aryl methyl sites for hydroxylation is 2. The molecule has 3 aromatic carbocycles. The summed E-state index contributed by atoms with van der Waals surface area (Å²) in [5, 5.41) is 3.37. The third kappa shape index (κ3) is 5.67. The number of ether oxygens (including phenoxy) is 1. The second kappa shape index (κ2) is 11.5. The summed E-state index contributed by atoms with van der Waals surface area (Å²) >= 11 is 0. The smallest absolute Gasteiger partial charge is 0.300 e. The SMILES string of the molecule is Cc1cc(-c2cccc3nc(Nc4ccc(N5CCN(C(C)C)CC5)c(C)c4)oc23)ccc1C(=O)N1CCOCC1. The van der Waals surface area contributed by atoms with E-state index in [2.05, 4.69) is 60.2 Å². The highest BCUT2D eigenvalue weighted by molar-refractivity contribution is 5.97. The van der Waals surface area contributed by atoms with E-state index in [0.29, 0.717) is 38.4 Å². The number of benzene rings is 3. The lowest BCUT2D eigenvalue weighted by Crippen LogP contribution is -2.49. The minimum absolute atomic E-state index is 0.0563. The summed E-state index contributed by atoms with van der Waals surface area (Å²) in [5.41, 5.74) is 8.57. The van der Waals surface area contributed by atoms with Gasteiger partial charge in [-0.2, -0.15) is 4.98 Å². The molecule has 1 aromatic heterocycles. The van der Waals surface area contributed by atoms with Crippen molar-refractivity contribution in [1.29, 1.82) is 0 Å². The molecule has 8 nitrogen and oxygen atoms in total. The monoisotopic (exact) mass is 553 g/mol. The lowest BCUT2D eigenvalue weighted by Gasteiger charge is -2.38. The number of rotatable bonds is 6. The molecule has 0 bridgehead atoms. The van der Waals surface area contributed by atoms with Gasteiger partial charge in [0.1, 0.15) is 5.52 Å². The van der Waals surface area contributed by atoms with E-state index >= 15 is 0 Å². The first kappa shape index (κ1) is 27.3. The van der Waals surface area contributed by atoms with E-state index < -0.39 is 0 Å². The molecule has 2 aliphatic heterocycles. The van der Waals surface area contributed by atoms with Crippen LogP contribution >= 0.6 is 0 Å². The molecule has 0 radical (unpaired) electrons. The van der Waals surface area contributed by atoms with Gasteiger partial charge in [-0.25, -0.2) is 0 Å². The van der Waals surface area contributed by atoms with E-state index in [9.17, 15) is 4.79 Å². The number of oxazole rings is 1. The lowest BCUT2D eigenvalue weighted by molar-refractivity contribution is 0.0302. The molecule has 2 saturated heterocycles. The number of amides is 1. The van der Waals surface area contributed by atoms with Crippen molar-refractivity contribution in [2.45, 2.75) is 33.7 Å². The summed E-state index contributed by atoms with van der Waals surface area (Å²) in [4.78, 5) is 24.7. The zero-order chi connectivity index (χ0) is 28.5. The van der Waals surface area contributed by atoms with Crippen LogP contribution in [0.15, 0.2) is 59.0 Å². The minimum Gasteiger partial charge on any atom is -0.423 e. The number of hydrogen-bond acceptors (Lipinski definition) is 7. The van der Waals surface area contributed by atoms with Crippen molar-refractivity contribution < 1.29 is 13.9 Å². The Kier molecular flexibility index (Phi) is 7.69. The van der Waals surface area contributed by atoms with Crippen LogP contribution < -0.4 is 10.2 Å². The number of para-hydroxylation sites is 1. The van der Waals surface area contributed by atoms with E-state index in [4.69, 9.17) is 14.1 Å². The molecule has 3 heterocycles. The van der Waals surface area contributed by atoms with Gasteiger partial charge in [-0.1, -0.05) is 24.3 Å². The highest BCUT2D eigenvalue weighted by Gasteiger charge is 2.22. The topological polar surface area (TPSA) is 74.1 Å². The largest absolute Gasteiger partial charge is 0.423 e. The molecule has 0 unspecified atom stereocenters. The van der Waals surface area contributed by atoms with Gasteiger partial charge in [0, 0.05) is 67.8 Å². The van der Waals surface area contributed by atoms with E-state index in [1.807, 2.05) is 42.2 Å². The Morgan fingerprint density at radius 3 is 2.39 bits per heavy atom. The van der Waals surface area contributed by atoms with Crippen molar-refractivity contribution in [3.05, 3.63) is 71.3 Å². The number of nitrogens with one attached hydrogen (secondary N) is 1. The molecular weight excluding hydrogens is 514 g/mol. The van der Waals surface area contributed by atoms with Crippen molar-refractivity contribution in [2.75, 3.05) is 62.7 Å². The van der Waals surface area contributed by atoms with Gasteiger partial charge in [-0.05, 0) is 74.7 Å². The Labute approximate surface area is 241 Å². The van der Waals surface area contributed by atoms with Gasteiger partial charge in [0.15, 0.2) is 5.58 Å². The second-order valence-corrected chi connectivity index (χ2v) is 11.4. The van der Waals surface area contributed by atoms with Crippen LogP contribution in [0, 0.1) is 13.8 Å². The van der Waals surface area contributed by atoms with Crippen LogP contribution in [0.5, 0.6) is 0 Å². The first-order chi connectivity index (χ1) is 19.9. The molecule has 0 spiro atoms. The molecule has 8 heteroatoms. The number of morpholine rings is 1. The van der Waals surface area contributed by atoms with Crippen molar-refractivity contribution in [3.63, 3.8) is 0 Å². The molecule has 0 aliphatic carbocycles. The average molecular weight is 554 g/mol. The fraction of sp³-hybridized carbons (Fsp3) is 0.394. The third-order valence-electron chi connectivity index (χ3n) is 8.31. The van der Waals surface area contributed by atoms with E-state index in [0.717, 1.165) is 65.2 Å². The highest BCUT2D eigenvalue weighted by atomic mass is 16.5. The molecular formula is C33H39N5O3. The van der Waals surface area contributed by atoms with Crippen molar-refractivity contribution in [2.24, 2.45) is 0 Å². The number of nitrogens with zero attached hydrogens (tertiary/aromatic N) is 4. The average Bonchev–Trinajstić information content (AvgIpc) is 3.40. The molecule has 6 rings (SSSR count). The normalized spacial score (nSPS) is 16.5. The van der Waals surface area contributed by atoms with Gasteiger partial charge in [0.05, 0.1) is 13.2 Å². The predicted molar refractivity (Wildman–Crippen MR) is 164 cm³/mol. The van der Waals surface area contributed by atoms with E-state index in [1.165, 1.54) is 11.3 Å². The molecule has 4 aromatic rings. The fourth-order valence-corrected chi connectivity index (χ4v) is 5.93. The Hall–Kier alpha value is -3.88. The maximum absolute atomic E-state index is 13.1. The Bertz CT molecular complexity index is 1550. The highest BCUT2D eigenvalue weighted by Crippen LogP contribution is 2.33. The zero-order valence-electron chi connectivity index (χ0n) is 24.4. The van der Waals surface area contributed by atoms with E-state index in [-0.39, 0.29) is 5.91 Å². The standard InChI is InChI=1S/C33H39N5O3/c1-22(2)36-12-14-37(15-13-36)30-11-9-26(21-24(30)4)34-33-35-29-7-5-6-28(31(29)41-33)25-8-10-27(23(3)20-25)32(39)38-16-18-40-19-17-38/h5-11,20-22H,12-19H2,1-4H3,(H,34,35). The van der Waals surface area contributed by atoms with Crippen LogP contribution in [0.4, 0.5) is 17.4 Å². The molecule has 41 heavy (non-hydrogen) atoms. The molecule has 2 aliphatic rings. The van der Waals surface area contributed by atoms with E-state index in [1.54, 1.807) is 0 Å². The summed E-state index contributed by atoms with van der Waals surface area (Å²) in [7, 11) is 0. The Morgan fingerprint density at radius 1 is 0.902 bits per heavy atom. The summed E-state index contributed by atoms with van der Waals surface area (Å²) in [5.74, 6) is 0.0563. The maximum atomic E-state index is 13.1. The van der Waals surface area contributed by atoms with Gasteiger partial charge in [0.2, 0.25) is 0 Å². The molecule has 2 fully saturated rings. The van der Waals surface area contributed by atoms with Crippen LogP contribution in [0.2, 0.25) is 0 Å². The number of hydrogen-bond donors (Lipinski definition) is 1. The fourth-order valence-electron chi connectivity index (χ4n) is 5.93. The summed E-state index contributed by atoms with van der Waals surface area (Å²) in [6, 6.07) is 19.5. The van der Waals surface area contributed by atoms with Crippen LogP contribution in [-0.2, 0) is 4.74 Å². The van der Waals surface area contributed by atoms with Gasteiger partial charge in [-0.15, -0.1) is 0 Å². The quantitative estimate of drug-likeness (QED) is 0.321. The molecule has 1 amide bonds. The Balaban J connectivity index is 1.20. The van der Waals surface area contributed by atoms with Gasteiger partial charge in [-0.3, -0.25) is 9.69 Å². The molecule has 0 saturated carbocycles. The first-order valence-corrected chi connectivity index (χ1v) is 14.6. The Morgan fingerprint density at radius 2 is 1.68 bits per heavy atom. The minimum atomic E-state index is 0.0563. The van der Waals surface area contributed by atoms with Crippen molar-refractivity contribution in [3.8, 4) is 11.1 Å². The molecule has 1 N–H and O–H groups in total. The summed E-state index contributed by atoms with van der Waals surface area (Å²) in [6.45, 7) is 15.4. The molecule has 214 valence electrons. The van der Waals surface area contributed by atoms with Crippen LogP contribution in [0.1, 0.15) is 35.3 Å². The number of aromatic nitrogens is 1. The number of piperazine rings is 1. The molecule has 0 atom stereocenters. The first-order valence-electron chi connectivity index (χ1n) is 14.6. The maximum Gasteiger partial charge on any atom is 0.300 e. The lowest BCUT2D eigenvalue weighted by atomic mass is 9.98. The van der Waals surface area contributed by atoms with Crippen molar-refractivity contribution in [1.82, 2.24) is 14.8 Å². The predicted octanol–water partition coefficient (Wildman–Crippen LogP) is 5.86. The zero-order valence-corrected chi connectivity index (χ0v) is 24.4.